The molecule has 1 atom stereocenters. The SMILES string of the molecule is CC(=S)N[C@@](C)(CCO[Si](C)(C)C(C)(C)C)c1cc(Cl)ccn1. The maximum atomic E-state index is 6.32. The van der Waals surface area contributed by atoms with Crippen molar-refractivity contribution in [2.24, 2.45) is 0 Å². The van der Waals surface area contributed by atoms with E-state index in [4.69, 9.17) is 28.2 Å². The van der Waals surface area contributed by atoms with Crippen molar-refractivity contribution in [1.29, 1.82) is 0 Å². The van der Waals surface area contributed by atoms with Crippen LogP contribution in [0.3, 0.4) is 0 Å². The van der Waals surface area contributed by atoms with Gasteiger partial charge in [0.15, 0.2) is 8.32 Å². The van der Waals surface area contributed by atoms with Gasteiger partial charge >= 0.3 is 0 Å². The third-order valence-electron chi connectivity index (χ3n) is 4.61. The van der Waals surface area contributed by atoms with Gasteiger partial charge in [0.25, 0.3) is 0 Å². The van der Waals surface area contributed by atoms with Gasteiger partial charge in [-0.2, -0.15) is 0 Å². The summed E-state index contributed by atoms with van der Waals surface area (Å²) in [5.41, 5.74) is 0.493. The van der Waals surface area contributed by atoms with Crippen LogP contribution in [0.5, 0.6) is 0 Å². The number of nitrogens with zero attached hydrogens (tertiary/aromatic N) is 1. The molecular formula is C17H29ClN2OSSi. The van der Waals surface area contributed by atoms with E-state index in [9.17, 15) is 0 Å². The van der Waals surface area contributed by atoms with E-state index >= 15 is 0 Å². The number of halogens is 1. The minimum atomic E-state index is -1.76. The second kappa shape index (κ2) is 7.60. The lowest BCUT2D eigenvalue weighted by molar-refractivity contribution is 0.234. The van der Waals surface area contributed by atoms with Crippen LogP contribution in [-0.4, -0.2) is 24.9 Å². The summed E-state index contributed by atoms with van der Waals surface area (Å²) in [6.07, 6.45) is 2.51. The van der Waals surface area contributed by atoms with Crippen LogP contribution in [-0.2, 0) is 9.96 Å². The minimum absolute atomic E-state index is 0.200. The van der Waals surface area contributed by atoms with Gasteiger partial charge in [0.2, 0.25) is 0 Å². The monoisotopic (exact) mass is 372 g/mol. The molecule has 1 N–H and O–H groups in total. The number of aromatic nitrogens is 1. The molecule has 1 heterocycles. The molecule has 0 aromatic carbocycles. The molecule has 0 aliphatic carbocycles. The van der Waals surface area contributed by atoms with Gasteiger partial charge in [-0.05, 0) is 50.5 Å². The first-order chi connectivity index (χ1) is 10.4. The van der Waals surface area contributed by atoms with Crippen molar-refractivity contribution in [2.45, 2.75) is 64.7 Å². The third-order valence-corrected chi connectivity index (χ3v) is 9.49. The molecule has 0 spiro atoms. The van der Waals surface area contributed by atoms with Gasteiger partial charge in [-0.3, -0.25) is 4.98 Å². The number of thiocarbonyl (C=S) groups is 1. The third kappa shape index (κ3) is 5.82. The van der Waals surface area contributed by atoms with Crippen molar-refractivity contribution in [1.82, 2.24) is 10.3 Å². The quantitative estimate of drug-likeness (QED) is 0.542. The van der Waals surface area contributed by atoms with Gasteiger partial charge in [0.1, 0.15) is 0 Å². The van der Waals surface area contributed by atoms with Gasteiger partial charge in [-0.15, -0.1) is 0 Å². The van der Waals surface area contributed by atoms with Crippen LogP contribution < -0.4 is 5.32 Å². The van der Waals surface area contributed by atoms with Crippen LogP contribution in [0.4, 0.5) is 0 Å². The Hall–Kier alpha value is -0.493. The van der Waals surface area contributed by atoms with E-state index in [1.54, 1.807) is 12.3 Å². The lowest BCUT2D eigenvalue weighted by Gasteiger charge is -2.38. The van der Waals surface area contributed by atoms with Crippen LogP contribution >= 0.6 is 23.8 Å². The summed E-state index contributed by atoms with van der Waals surface area (Å²) in [5.74, 6) is 0. The van der Waals surface area contributed by atoms with Crippen molar-refractivity contribution in [2.75, 3.05) is 6.61 Å². The van der Waals surface area contributed by atoms with Crippen molar-refractivity contribution in [3.63, 3.8) is 0 Å². The molecule has 130 valence electrons. The maximum absolute atomic E-state index is 6.32. The van der Waals surface area contributed by atoms with E-state index in [-0.39, 0.29) is 10.6 Å². The molecule has 0 fully saturated rings. The second-order valence-electron chi connectivity index (χ2n) is 7.73. The van der Waals surface area contributed by atoms with Crippen molar-refractivity contribution in [3.05, 3.63) is 29.0 Å². The van der Waals surface area contributed by atoms with E-state index < -0.39 is 8.32 Å². The largest absolute Gasteiger partial charge is 0.417 e. The van der Waals surface area contributed by atoms with Gasteiger partial charge in [-0.25, -0.2) is 0 Å². The van der Waals surface area contributed by atoms with Crippen molar-refractivity contribution < 1.29 is 4.43 Å². The first-order valence-electron chi connectivity index (χ1n) is 7.92. The molecule has 0 bridgehead atoms. The molecular weight excluding hydrogens is 344 g/mol. The molecule has 1 rings (SSSR count). The predicted molar refractivity (Wildman–Crippen MR) is 106 cm³/mol. The summed E-state index contributed by atoms with van der Waals surface area (Å²) < 4.78 is 6.32. The Morgan fingerprint density at radius 2 is 1.96 bits per heavy atom. The van der Waals surface area contributed by atoms with Crippen LogP contribution in [0, 0.1) is 0 Å². The molecule has 1 aromatic rings. The zero-order chi connectivity index (χ0) is 17.9. The fourth-order valence-electron chi connectivity index (χ4n) is 2.08. The highest BCUT2D eigenvalue weighted by molar-refractivity contribution is 7.80. The van der Waals surface area contributed by atoms with Crippen LogP contribution in [0.1, 0.15) is 46.7 Å². The van der Waals surface area contributed by atoms with E-state index in [1.165, 1.54) is 0 Å². The molecule has 1 aromatic heterocycles. The fourth-order valence-corrected chi connectivity index (χ4v) is 3.51. The summed E-state index contributed by atoms with van der Waals surface area (Å²) in [7, 11) is -1.76. The average molecular weight is 373 g/mol. The average Bonchev–Trinajstić information content (AvgIpc) is 2.36. The van der Waals surface area contributed by atoms with Crippen LogP contribution in [0.2, 0.25) is 23.2 Å². The summed E-state index contributed by atoms with van der Waals surface area (Å²) in [6, 6.07) is 3.67. The molecule has 0 aliphatic rings. The first kappa shape index (κ1) is 20.6. The van der Waals surface area contributed by atoms with Gasteiger partial charge in [0, 0.05) is 17.8 Å². The number of nitrogens with one attached hydrogen (secondary N) is 1. The predicted octanol–water partition coefficient (Wildman–Crippen LogP) is 5.30. The zero-order valence-corrected chi connectivity index (χ0v) is 17.9. The van der Waals surface area contributed by atoms with Crippen molar-refractivity contribution in [3.8, 4) is 0 Å². The molecule has 23 heavy (non-hydrogen) atoms. The Labute approximate surface area is 152 Å². The van der Waals surface area contributed by atoms with Gasteiger partial charge < -0.3 is 9.74 Å². The number of pyridine rings is 1. The van der Waals surface area contributed by atoms with Gasteiger partial charge in [-0.1, -0.05) is 44.6 Å². The minimum Gasteiger partial charge on any atom is -0.417 e. The van der Waals surface area contributed by atoms with Crippen LogP contribution in [0.25, 0.3) is 0 Å². The zero-order valence-electron chi connectivity index (χ0n) is 15.3. The number of hydrogen-bond donors (Lipinski definition) is 1. The highest BCUT2D eigenvalue weighted by Gasteiger charge is 2.38. The molecule has 0 unspecified atom stereocenters. The number of rotatable bonds is 6. The van der Waals surface area contributed by atoms with E-state index in [1.807, 2.05) is 13.0 Å². The first-order valence-corrected chi connectivity index (χ1v) is 11.6. The maximum Gasteiger partial charge on any atom is 0.191 e. The Kier molecular flexibility index (Phi) is 6.79. The molecule has 0 saturated heterocycles. The van der Waals surface area contributed by atoms with E-state index in [2.05, 4.69) is 51.1 Å². The van der Waals surface area contributed by atoms with E-state index in [0.717, 1.165) is 17.1 Å². The summed E-state index contributed by atoms with van der Waals surface area (Å²) >= 11 is 11.4. The number of hydrogen-bond acceptors (Lipinski definition) is 3. The van der Waals surface area contributed by atoms with Crippen molar-refractivity contribution >= 4 is 37.1 Å². The topological polar surface area (TPSA) is 34.1 Å². The molecule has 0 aliphatic heterocycles. The normalized spacial score (nSPS) is 15.1. The van der Waals surface area contributed by atoms with Gasteiger partial charge in [0.05, 0.1) is 16.2 Å². The Morgan fingerprint density at radius 3 is 2.43 bits per heavy atom. The molecule has 0 amide bonds. The standard InChI is InChI=1S/C17H29ClN2OSSi/c1-13(22)20-17(5,15-12-14(18)8-10-19-15)9-11-21-23(6,7)16(2,3)4/h8,10,12H,9,11H2,1-7H3,(H,20,22)/t17-/m0/s1. The lowest BCUT2D eigenvalue weighted by Crippen LogP contribution is -2.46. The fraction of sp³-hybridized carbons (Fsp3) is 0.647. The second-order valence-corrected chi connectivity index (χ2v) is 13.6. The molecule has 0 saturated carbocycles. The Balaban J connectivity index is 2.90. The lowest BCUT2D eigenvalue weighted by atomic mass is 9.93. The highest BCUT2D eigenvalue weighted by atomic mass is 35.5. The summed E-state index contributed by atoms with van der Waals surface area (Å²) in [5, 5.41) is 4.25. The Morgan fingerprint density at radius 1 is 1.35 bits per heavy atom. The summed E-state index contributed by atoms with van der Waals surface area (Å²) in [4.78, 5) is 5.22. The highest BCUT2D eigenvalue weighted by Crippen LogP contribution is 2.37. The smallest absolute Gasteiger partial charge is 0.191 e. The van der Waals surface area contributed by atoms with E-state index in [0.29, 0.717) is 11.6 Å². The van der Waals surface area contributed by atoms with Crippen LogP contribution in [0.15, 0.2) is 18.3 Å². The summed E-state index contributed by atoms with van der Waals surface area (Å²) in [6.45, 7) is 15.9. The molecule has 3 nitrogen and oxygen atoms in total. The molecule has 6 heteroatoms. The Bertz CT molecular complexity index is 560. The molecule has 0 radical (unpaired) electrons.